The third kappa shape index (κ3) is 1.32. The molecule has 1 heterocycles. The van der Waals surface area contributed by atoms with Gasteiger partial charge in [-0.1, -0.05) is 12.2 Å². The van der Waals surface area contributed by atoms with Crippen molar-refractivity contribution in [3.63, 3.8) is 0 Å². The number of imidazole rings is 1. The molecular formula is C11H14N2. The maximum Gasteiger partial charge on any atom is 0.132 e. The van der Waals surface area contributed by atoms with Crippen molar-refractivity contribution < 1.29 is 0 Å². The molecule has 0 aromatic carbocycles. The third-order valence-electron chi connectivity index (χ3n) is 2.39. The fraction of sp³-hybridized carbons (Fsp3) is 0.364. The second-order valence-electron chi connectivity index (χ2n) is 3.30. The quantitative estimate of drug-likeness (QED) is 0.639. The van der Waals surface area contributed by atoms with E-state index in [1.54, 1.807) is 0 Å². The van der Waals surface area contributed by atoms with Gasteiger partial charge >= 0.3 is 0 Å². The lowest BCUT2D eigenvalue weighted by Gasteiger charge is -2.04. The average Bonchev–Trinajstić information content (AvgIpc) is 2.46. The molecule has 2 rings (SSSR count). The fourth-order valence-corrected chi connectivity index (χ4v) is 1.69. The summed E-state index contributed by atoms with van der Waals surface area (Å²) in [6.45, 7) is 2.02. The summed E-state index contributed by atoms with van der Waals surface area (Å²) in [5.74, 6) is 1.05. The first-order valence-corrected chi connectivity index (χ1v) is 4.67. The van der Waals surface area contributed by atoms with E-state index in [9.17, 15) is 0 Å². The van der Waals surface area contributed by atoms with Gasteiger partial charge < -0.3 is 4.57 Å². The molecule has 0 radical (unpaired) electrons. The summed E-state index contributed by atoms with van der Waals surface area (Å²) in [5.41, 5.74) is 2.50. The van der Waals surface area contributed by atoms with Gasteiger partial charge in [-0.05, 0) is 31.9 Å². The number of aromatic nitrogens is 2. The van der Waals surface area contributed by atoms with E-state index in [1.165, 1.54) is 11.4 Å². The molecule has 0 atom stereocenters. The van der Waals surface area contributed by atoms with Gasteiger partial charge in [0.25, 0.3) is 0 Å². The van der Waals surface area contributed by atoms with Crippen molar-refractivity contribution >= 4 is 12.2 Å². The Kier molecular flexibility index (Phi) is 2.05. The van der Waals surface area contributed by atoms with Crippen molar-refractivity contribution in [1.82, 2.24) is 9.55 Å². The summed E-state index contributed by atoms with van der Waals surface area (Å²) < 4.78 is 2.14. The zero-order chi connectivity index (χ0) is 9.26. The predicted octanol–water partition coefficient (Wildman–Crippen LogP) is 2.41. The molecule has 0 N–H and O–H groups in total. The SMILES string of the molecule is CC=Cc1nc2c(n1C)C=CCC2. The van der Waals surface area contributed by atoms with Crippen molar-refractivity contribution in [3.8, 4) is 0 Å². The summed E-state index contributed by atoms with van der Waals surface area (Å²) in [6.07, 6.45) is 10.7. The van der Waals surface area contributed by atoms with E-state index < -0.39 is 0 Å². The highest BCUT2D eigenvalue weighted by atomic mass is 15.1. The minimum absolute atomic E-state index is 1.05. The van der Waals surface area contributed by atoms with Crippen LogP contribution in [-0.4, -0.2) is 9.55 Å². The highest BCUT2D eigenvalue weighted by molar-refractivity contribution is 5.55. The maximum atomic E-state index is 4.56. The van der Waals surface area contributed by atoms with Gasteiger partial charge in [-0.25, -0.2) is 4.98 Å². The van der Waals surface area contributed by atoms with Crippen LogP contribution >= 0.6 is 0 Å². The molecule has 1 aliphatic carbocycles. The molecule has 1 aliphatic rings. The molecule has 0 saturated heterocycles. The summed E-state index contributed by atoms with van der Waals surface area (Å²) in [6, 6.07) is 0. The molecule has 1 aromatic heterocycles. The first-order valence-electron chi connectivity index (χ1n) is 4.67. The van der Waals surface area contributed by atoms with Crippen molar-refractivity contribution in [2.24, 2.45) is 7.05 Å². The first kappa shape index (κ1) is 8.30. The van der Waals surface area contributed by atoms with Gasteiger partial charge in [0.05, 0.1) is 11.4 Å². The molecule has 0 spiro atoms. The third-order valence-corrected chi connectivity index (χ3v) is 2.39. The molecule has 2 nitrogen and oxygen atoms in total. The van der Waals surface area contributed by atoms with Crippen LogP contribution in [0.4, 0.5) is 0 Å². The minimum atomic E-state index is 1.05. The van der Waals surface area contributed by atoms with E-state index in [1.807, 2.05) is 19.1 Å². The summed E-state index contributed by atoms with van der Waals surface area (Å²) >= 11 is 0. The van der Waals surface area contributed by atoms with Gasteiger partial charge in [-0.3, -0.25) is 0 Å². The lowest BCUT2D eigenvalue weighted by molar-refractivity contribution is 0.876. The van der Waals surface area contributed by atoms with E-state index in [2.05, 4.69) is 28.8 Å². The highest BCUT2D eigenvalue weighted by Gasteiger charge is 2.12. The van der Waals surface area contributed by atoms with E-state index in [0.717, 1.165) is 18.7 Å². The Balaban J connectivity index is 2.52. The lowest BCUT2D eigenvalue weighted by atomic mass is 10.1. The second kappa shape index (κ2) is 3.21. The molecule has 0 bridgehead atoms. The summed E-state index contributed by atoms with van der Waals surface area (Å²) in [7, 11) is 2.07. The molecule has 2 heteroatoms. The summed E-state index contributed by atoms with van der Waals surface area (Å²) in [5, 5.41) is 0. The number of hydrogen-bond acceptors (Lipinski definition) is 1. The molecule has 1 aromatic rings. The van der Waals surface area contributed by atoms with E-state index in [0.29, 0.717) is 0 Å². The molecule has 0 fully saturated rings. The Hall–Kier alpha value is -1.31. The maximum absolute atomic E-state index is 4.56. The van der Waals surface area contributed by atoms with Gasteiger partial charge in [0.2, 0.25) is 0 Å². The van der Waals surface area contributed by atoms with Crippen LogP contribution in [0.3, 0.4) is 0 Å². The minimum Gasteiger partial charge on any atom is -0.328 e. The Morgan fingerprint density at radius 2 is 2.38 bits per heavy atom. The molecule has 68 valence electrons. The standard InChI is InChI=1S/C11H14N2/c1-3-6-11-12-9-7-4-5-8-10(9)13(11)2/h3,5-6,8H,4,7H2,1-2H3. The molecular weight excluding hydrogens is 160 g/mol. The van der Waals surface area contributed by atoms with Crippen LogP contribution in [0.2, 0.25) is 0 Å². The van der Waals surface area contributed by atoms with Crippen molar-refractivity contribution in [2.75, 3.05) is 0 Å². The molecule has 0 saturated carbocycles. The Bertz CT molecular complexity index is 370. The molecule has 0 amide bonds. The van der Waals surface area contributed by atoms with E-state index >= 15 is 0 Å². The molecule has 13 heavy (non-hydrogen) atoms. The van der Waals surface area contributed by atoms with Gasteiger partial charge in [-0.2, -0.15) is 0 Å². The number of rotatable bonds is 1. The molecule has 0 aliphatic heterocycles. The van der Waals surface area contributed by atoms with Gasteiger partial charge in [-0.15, -0.1) is 0 Å². The van der Waals surface area contributed by atoms with Crippen LogP contribution in [0, 0.1) is 0 Å². The van der Waals surface area contributed by atoms with Crippen LogP contribution < -0.4 is 0 Å². The van der Waals surface area contributed by atoms with Crippen molar-refractivity contribution in [3.05, 3.63) is 29.4 Å². The van der Waals surface area contributed by atoms with Gasteiger partial charge in [0.15, 0.2) is 0 Å². The smallest absolute Gasteiger partial charge is 0.132 e. The monoisotopic (exact) mass is 174 g/mol. The highest BCUT2D eigenvalue weighted by Crippen LogP contribution is 2.19. The van der Waals surface area contributed by atoms with Crippen molar-refractivity contribution in [1.29, 1.82) is 0 Å². The van der Waals surface area contributed by atoms with Crippen LogP contribution in [0.1, 0.15) is 30.6 Å². The van der Waals surface area contributed by atoms with Gasteiger partial charge in [0, 0.05) is 7.05 Å². The second-order valence-corrected chi connectivity index (χ2v) is 3.30. The van der Waals surface area contributed by atoms with Crippen LogP contribution in [-0.2, 0) is 13.5 Å². The first-order chi connectivity index (χ1) is 6.33. The predicted molar refractivity (Wildman–Crippen MR) is 55.3 cm³/mol. The Labute approximate surface area is 78.6 Å². The van der Waals surface area contributed by atoms with Crippen LogP contribution in [0.15, 0.2) is 12.2 Å². The number of aryl methyl sites for hydroxylation is 1. The lowest BCUT2D eigenvalue weighted by Crippen LogP contribution is -1.97. The van der Waals surface area contributed by atoms with E-state index in [4.69, 9.17) is 0 Å². The van der Waals surface area contributed by atoms with E-state index in [-0.39, 0.29) is 0 Å². The summed E-state index contributed by atoms with van der Waals surface area (Å²) in [4.78, 5) is 4.56. The number of fused-ring (bicyclic) bond motifs is 1. The van der Waals surface area contributed by atoms with Gasteiger partial charge in [0.1, 0.15) is 5.82 Å². The number of allylic oxidation sites excluding steroid dienone is 2. The zero-order valence-electron chi connectivity index (χ0n) is 8.12. The fourth-order valence-electron chi connectivity index (χ4n) is 1.69. The topological polar surface area (TPSA) is 17.8 Å². The Morgan fingerprint density at radius 1 is 1.54 bits per heavy atom. The number of nitrogens with zero attached hydrogens (tertiary/aromatic N) is 2. The zero-order valence-corrected chi connectivity index (χ0v) is 8.12. The Morgan fingerprint density at radius 3 is 3.08 bits per heavy atom. The average molecular weight is 174 g/mol. The van der Waals surface area contributed by atoms with Crippen LogP contribution in [0.25, 0.3) is 12.2 Å². The van der Waals surface area contributed by atoms with Crippen LogP contribution in [0.5, 0.6) is 0 Å². The van der Waals surface area contributed by atoms with Crippen molar-refractivity contribution in [2.45, 2.75) is 19.8 Å². The molecule has 0 unspecified atom stereocenters. The normalized spacial score (nSPS) is 15.2. The largest absolute Gasteiger partial charge is 0.328 e. The number of hydrogen-bond donors (Lipinski definition) is 0.